The van der Waals surface area contributed by atoms with Crippen molar-refractivity contribution in [1.29, 1.82) is 0 Å². The average molecular weight is 238 g/mol. The number of aliphatic hydroxyl groups excluding tert-OH is 1. The van der Waals surface area contributed by atoms with E-state index in [0.29, 0.717) is 0 Å². The molecule has 0 aliphatic rings. The molecular weight excluding hydrogens is 224 g/mol. The first-order valence-electron chi connectivity index (χ1n) is 5.90. The minimum absolute atomic E-state index is 0.634. The molecule has 3 rings (SSSR count). The lowest BCUT2D eigenvalue weighted by Gasteiger charge is -2.12. The first-order chi connectivity index (χ1) is 8.75. The zero-order chi connectivity index (χ0) is 12.5. The Kier molecular flexibility index (Phi) is 2.61. The van der Waals surface area contributed by atoms with Gasteiger partial charge in [-0.25, -0.2) is 0 Å². The predicted molar refractivity (Wildman–Crippen MR) is 71.2 cm³/mol. The number of hydrogen-bond acceptors (Lipinski definition) is 2. The molecule has 0 saturated carbocycles. The number of aryl methyl sites for hydroxylation is 1. The number of aromatic nitrogens is 2. The number of aliphatic hydroxyl groups is 1. The lowest BCUT2D eigenvalue weighted by Crippen LogP contribution is -1.99. The van der Waals surface area contributed by atoms with Gasteiger partial charge in [0.2, 0.25) is 0 Å². The van der Waals surface area contributed by atoms with Crippen molar-refractivity contribution < 1.29 is 5.11 Å². The number of rotatable bonds is 2. The fourth-order valence-electron chi connectivity index (χ4n) is 2.25. The number of nitrogens with zero attached hydrogens (tertiary/aromatic N) is 2. The topological polar surface area (TPSA) is 38.0 Å². The monoisotopic (exact) mass is 238 g/mol. The fraction of sp³-hybridized carbons (Fsp3) is 0.133. The maximum Gasteiger partial charge on any atom is 0.108 e. The Labute approximate surface area is 105 Å². The van der Waals surface area contributed by atoms with Crippen molar-refractivity contribution in [3.8, 4) is 0 Å². The molecule has 3 heteroatoms. The van der Waals surface area contributed by atoms with Gasteiger partial charge < -0.3 is 5.11 Å². The molecule has 0 saturated heterocycles. The van der Waals surface area contributed by atoms with Crippen LogP contribution in [0, 0.1) is 0 Å². The zero-order valence-electron chi connectivity index (χ0n) is 10.1. The average Bonchev–Trinajstić information content (AvgIpc) is 2.84. The summed E-state index contributed by atoms with van der Waals surface area (Å²) in [5.41, 5.74) is 1.73. The highest BCUT2D eigenvalue weighted by molar-refractivity contribution is 5.86. The van der Waals surface area contributed by atoms with Crippen LogP contribution in [0.15, 0.2) is 54.9 Å². The van der Waals surface area contributed by atoms with Crippen molar-refractivity contribution in [2.75, 3.05) is 0 Å². The summed E-state index contributed by atoms with van der Waals surface area (Å²) in [5.74, 6) is 0. The van der Waals surface area contributed by atoms with Crippen molar-refractivity contribution in [3.05, 3.63) is 66.0 Å². The van der Waals surface area contributed by atoms with Gasteiger partial charge in [0.1, 0.15) is 6.10 Å². The predicted octanol–water partition coefficient (Wildman–Crippen LogP) is 2.66. The Morgan fingerprint density at radius 2 is 1.89 bits per heavy atom. The molecule has 1 unspecified atom stereocenters. The lowest BCUT2D eigenvalue weighted by molar-refractivity contribution is 0.222. The molecule has 90 valence electrons. The second-order valence-electron chi connectivity index (χ2n) is 4.42. The minimum Gasteiger partial charge on any atom is -0.384 e. The van der Waals surface area contributed by atoms with Gasteiger partial charge in [-0.05, 0) is 16.3 Å². The third-order valence-corrected chi connectivity index (χ3v) is 3.16. The molecule has 0 spiro atoms. The van der Waals surface area contributed by atoms with Crippen molar-refractivity contribution in [2.45, 2.75) is 6.10 Å². The van der Waals surface area contributed by atoms with Gasteiger partial charge in [-0.1, -0.05) is 42.5 Å². The molecule has 2 aromatic carbocycles. The minimum atomic E-state index is -0.634. The fourth-order valence-corrected chi connectivity index (χ4v) is 2.25. The lowest BCUT2D eigenvalue weighted by atomic mass is 9.98. The summed E-state index contributed by atoms with van der Waals surface area (Å²) in [7, 11) is 1.85. The molecule has 0 fully saturated rings. The Balaban J connectivity index is 2.14. The van der Waals surface area contributed by atoms with Crippen molar-refractivity contribution in [1.82, 2.24) is 9.78 Å². The molecule has 3 nitrogen and oxygen atoms in total. The summed E-state index contributed by atoms with van der Waals surface area (Å²) in [5, 5.41) is 16.8. The molecule has 18 heavy (non-hydrogen) atoms. The van der Waals surface area contributed by atoms with E-state index in [2.05, 4.69) is 17.2 Å². The van der Waals surface area contributed by atoms with Crippen molar-refractivity contribution in [2.24, 2.45) is 7.05 Å². The number of hydrogen-bond donors (Lipinski definition) is 1. The molecule has 1 N–H and O–H groups in total. The summed E-state index contributed by atoms with van der Waals surface area (Å²) in [6.45, 7) is 0. The van der Waals surface area contributed by atoms with Gasteiger partial charge >= 0.3 is 0 Å². The van der Waals surface area contributed by atoms with E-state index < -0.39 is 6.10 Å². The van der Waals surface area contributed by atoms with Gasteiger partial charge in [-0.3, -0.25) is 4.68 Å². The van der Waals surface area contributed by atoms with Crippen LogP contribution in [0.5, 0.6) is 0 Å². The summed E-state index contributed by atoms with van der Waals surface area (Å²) in [6.07, 6.45) is 2.91. The molecule has 1 heterocycles. The van der Waals surface area contributed by atoms with Crippen LogP contribution in [0.4, 0.5) is 0 Å². The van der Waals surface area contributed by atoms with Crippen LogP contribution < -0.4 is 0 Å². The summed E-state index contributed by atoms with van der Waals surface area (Å²) in [6, 6.07) is 14.1. The summed E-state index contributed by atoms with van der Waals surface area (Å²) in [4.78, 5) is 0. The van der Waals surface area contributed by atoms with E-state index in [4.69, 9.17) is 0 Å². The van der Waals surface area contributed by atoms with E-state index in [1.807, 2.05) is 43.6 Å². The van der Waals surface area contributed by atoms with Crippen LogP contribution in [-0.2, 0) is 7.05 Å². The Hall–Kier alpha value is -2.13. The molecule has 0 aliphatic carbocycles. The van der Waals surface area contributed by atoms with Gasteiger partial charge in [0, 0.05) is 18.8 Å². The van der Waals surface area contributed by atoms with Crippen LogP contribution in [0.3, 0.4) is 0 Å². The number of fused-ring (bicyclic) bond motifs is 1. The van der Waals surface area contributed by atoms with Crippen LogP contribution >= 0.6 is 0 Å². The molecular formula is C15H14N2O. The van der Waals surface area contributed by atoms with E-state index in [0.717, 1.165) is 21.9 Å². The molecule has 0 bridgehead atoms. The highest BCUT2D eigenvalue weighted by Gasteiger charge is 2.14. The van der Waals surface area contributed by atoms with Gasteiger partial charge in [-0.15, -0.1) is 0 Å². The van der Waals surface area contributed by atoms with E-state index in [1.165, 1.54) is 0 Å². The quantitative estimate of drug-likeness (QED) is 0.745. The van der Waals surface area contributed by atoms with Gasteiger partial charge in [-0.2, -0.15) is 5.10 Å². The Bertz CT molecular complexity index is 682. The smallest absolute Gasteiger partial charge is 0.108 e. The van der Waals surface area contributed by atoms with Crippen LogP contribution in [0.2, 0.25) is 0 Å². The van der Waals surface area contributed by atoms with E-state index >= 15 is 0 Å². The molecule has 1 aromatic heterocycles. The SMILES string of the molecule is Cn1cc(C(O)c2cccc3ccccc23)cn1. The normalized spacial score (nSPS) is 12.8. The van der Waals surface area contributed by atoms with Crippen LogP contribution in [-0.4, -0.2) is 14.9 Å². The van der Waals surface area contributed by atoms with Gasteiger partial charge in [0.15, 0.2) is 0 Å². The van der Waals surface area contributed by atoms with Crippen LogP contribution in [0.25, 0.3) is 10.8 Å². The van der Waals surface area contributed by atoms with E-state index in [9.17, 15) is 5.11 Å². The van der Waals surface area contributed by atoms with Crippen LogP contribution in [0.1, 0.15) is 17.2 Å². The Morgan fingerprint density at radius 3 is 2.67 bits per heavy atom. The first-order valence-corrected chi connectivity index (χ1v) is 5.90. The maximum atomic E-state index is 10.4. The summed E-state index contributed by atoms with van der Waals surface area (Å²) < 4.78 is 1.70. The molecule has 1 atom stereocenters. The van der Waals surface area contributed by atoms with E-state index in [-0.39, 0.29) is 0 Å². The Morgan fingerprint density at radius 1 is 1.11 bits per heavy atom. The second-order valence-corrected chi connectivity index (χ2v) is 4.42. The molecule has 0 radical (unpaired) electrons. The molecule has 0 aliphatic heterocycles. The highest BCUT2D eigenvalue weighted by Crippen LogP contribution is 2.28. The second kappa shape index (κ2) is 4.27. The molecule has 3 aromatic rings. The largest absolute Gasteiger partial charge is 0.384 e. The maximum absolute atomic E-state index is 10.4. The van der Waals surface area contributed by atoms with Crippen molar-refractivity contribution in [3.63, 3.8) is 0 Å². The van der Waals surface area contributed by atoms with E-state index in [1.54, 1.807) is 10.9 Å². The highest BCUT2D eigenvalue weighted by atomic mass is 16.3. The first kappa shape index (κ1) is 11.0. The van der Waals surface area contributed by atoms with Gasteiger partial charge in [0.25, 0.3) is 0 Å². The summed E-state index contributed by atoms with van der Waals surface area (Å²) >= 11 is 0. The molecule has 0 amide bonds. The number of benzene rings is 2. The zero-order valence-corrected chi connectivity index (χ0v) is 10.1. The third kappa shape index (κ3) is 1.79. The van der Waals surface area contributed by atoms with Gasteiger partial charge in [0.05, 0.1) is 6.20 Å². The van der Waals surface area contributed by atoms with Crippen molar-refractivity contribution >= 4 is 10.8 Å². The standard InChI is InChI=1S/C15H14N2O/c1-17-10-12(9-16-17)15(18)14-8-4-6-11-5-2-3-7-13(11)14/h2-10,15,18H,1H3. The third-order valence-electron chi connectivity index (χ3n) is 3.16.